The van der Waals surface area contributed by atoms with Crippen molar-refractivity contribution < 1.29 is 26.4 Å². The molecule has 4 rings (SSSR count). The number of anilines is 1. The van der Waals surface area contributed by atoms with E-state index in [1.807, 2.05) is 6.92 Å². The molecule has 170 valence electrons. The summed E-state index contributed by atoms with van der Waals surface area (Å²) in [6.07, 6.45) is 0. The summed E-state index contributed by atoms with van der Waals surface area (Å²) in [5.74, 6) is -1.45. The molecular weight excluding hydrogens is 464 g/mol. The highest BCUT2D eigenvalue weighted by atomic mass is 32.2. The zero-order valence-corrected chi connectivity index (χ0v) is 19.6. The summed E-state index contributed by atoms with van der Waals surface area (Å²) < 4.78 is 53.4. The number of nitrogens with zero attached hydrogens (tertiary/aromatic N) is 2. The normalized spacial score (nSPS) is 14.1. The van der Waals surface area contributed by atoms with Gasteiger partial charge in [0.1, 0.15) is 0 Å². The van der Waals surface area contributed by atoms with Gasteiger partial charge in [-0.3, -0.25) is 9.59 Å². The molecule has 3 aromatic rings. The molecule has 0 fully saturated rings. The fourth-order valence-electron chi connectivity index (χ4n) is 3.52. The van der Waals surface area contributed by atoms with Crippen LogP contribution < -0.4 is 4.90 Å². The van der Waals surface area contributed by atoms with E-state index < -0.39 is 31.7 Å². The summed E-state index contributed by atoms with van der Waals surface area (Å²) in [4.78, 5) is 26.3. The number of hydrogen-bond acceptors (Lipinski definition) is 6. The summed E-state index contributed by atoms with van der Waals surface area (Å²) in [7, 11) is -5.51. The van der Waals surface area contributed by atoms with Crippen molar-refractivity contribution in [3.05, 3.63) is 83.4 Å². The molecule has 0 saturated heterocycles. The first kappa shape index (κ1) is 22.8. The van der Waals surface area contributed by atoms with Crippen molar-refractivity contribution in [3.8, 4) is 0 Å². The van der Waals surface area contributed by atoms with Crippen LogP contribution >= 0.6 is 0 Å². The van der Waals surface area contributed by atoms with Crippen LogP contribution in [0.15, 0.2) is 81.4 Å². The van der Waals surface area contributed by atoms with Crippen LogP contribution in [0.3, 0.4) is 0 Å². The summed E-state index contributed by atoms with van der Waals surface area (Å²) >= 11 is 0. The average Bonchev–Trinajstić information content (AvgIpc) is 3.03. The number of sulfone groups is 1. The Kier molecular flexibility index (Phi) is 5.47. The van der Waals surface area contributed by atoms with Crippen molar-refractivity contribution >= 4 is 37.4 Å². The van der Waals surface area contributed by atoms with Gasteiger partial charge in [-0.15, -0.1) is 0 Å². The lowest BCUT2D eigenvalue weighted by Gasteiger charge is -2.20. The van der Waals surface area contributed by atoms with Crippen LogP contribution in [0.5, 0.6) is 0 Å². The second-order valence-corrected chi connectivity index (χ2v) is 11.8. The summed E-state index contributed by atoms with van der Waals surface area (Å²) in [5.41, 5.74) is 0.760. The average molecular weight is 485 g/mol. The molecule has 1 aliphatic rings. The van der Waals surface area contributed by atoms with E-state index in [0.717, 1.165) is 33.0 Å². The first-order valence-corrected chi connectivity index (χ1v) is 12.7. The van der Waals surface area contributed by atoms with Crippen molar-refractivity contribution in [1.29, 1.82) is 0 Å². The highest BCUT2D eigenvalue weighted by molar-refractivity contribution is 7.91. The Hall–Kier alpha value is -3.34. The van der Waals surface area contributed by atoms with Crippen LogP contribution in [0.1, 0.15) is 26.3 Å². The molecule has 3 aromatic carbocycles. The Balaban J connectivity index is 1.99. The molecule has 0 bridgehead atoms. The van der Waals surface area contributed by atoms with Crippen LogP contribution in [0, 0.1) is 6.92 Å². The number of carbonyl (C=O) groups excluding carboxylic acids is 2. The lowest BCUT2D eigenvalue weighted by molar-refractivity contribution is 0.0925. The molecule has 0 radical (unpaired) electrons. The minimum atomic E-state index is -4.20. The predicted molar refractivity (Wildman–Crippen MR) is 122 cm³/mol. The Bertz CT molecular complexity index is 1470. The number of benzene rings is 3. The van der Waals surface area contributed by atoms with Gasteiger partial charge in [0.25, 0.3) is 11.8 Å². The third kappa shape index (κ3) is 3.65. The van der Waals surface area contributed by atoms with Crippen LogP contribution in [-0.2, 0) is 19.9 Å². The standard InChI is InChI=1S/C23H20N2O6S2/c1-15-8-10-16(11-9-15)32(28,29)21-13-12-17(33(30,31)24(2)3)14-20(21)25-22(26)18-6-4-5-7-19(18)23(25)27/h4-14H,1-3H3. The third-order valence-electron chi connectivity index (χ3n) is 5.36. The molecule has 1 aliphatic heterocycles. The van der Waals surface area contributed by atoms with E-state index in [9.17, 15) is 26.4 Å². The quantitative estimate of drug-likeness (QED) is 0.515. The molecule has 0 atom stereocenters. The molecule has 10 heteroatoms. The van der Waals surface area contributed by atoms with Crippen LogP contribution in [-0.4, -0.2) is 47.1 Å². The maximum atomic E-state index is 13.5. The van der Waals surface area contributed by atoms with Crippen LogP contribution in [0.25, 0.3) is 0 Å². The van der Waals surface area contributed by atoms with E-state index in [2.05, 4.69) is 0 Å². The summed E-state index contributed by atoms with van der Waals surface area (Å²) in [6.45, 7) is 1.81. The van der Waals surface area contributed by atoms with E-state index >= 15 is 0 Å². The van der Waals surface area contributed by atoms with Crippen molar-refractivity contribution in [2.45, 2.75) is 21.6 Å². The number of fused-ring (bicyclic) bond motifs is 1. The van der Waals surface area contributed by atoms with Gasteiger partial charge >= 0.3 is 0 Å². The Labute approximate surface area is 192 Å². The van der Waals surface area contributed by atoms with Crippen LogP contribution in [0.2, 0.25) is 0 Å². The van der Waals surface area contributed by atoms with Crippen LogP contribution in [0.4, 0.5) is 5.69 Å². The number of amides is 2. The molecule has 0 aliphatic carbocycles. The van der Waals surface area contributed by atoms with Crippen molar-refractivity contribution in [2.24, 2.45) is 0 Å². The monoisotopic (exact) mass is 484 g/mol. The maximum Gasteiger partial charge on any atom is 0.266 e. The van der Waals surface area contributed by atoms with Gasteiger partial charge in [0.05, 0.1) is 31.5 Å². The predicted octanol–water partition coefficient (Wildman–Crippen LogP) is 2.88. The minimum Gasteiger partial charge on any atom is -0.268 e. The van der Waals surface area contributed by atoms with Crippen molar-refractivity contribution in [1.82, 2.24) is 4.31 Å². The molecule has 1 heterocycles. The highest BCUT2D eigenvalue weighted by Gasteiger charge is 2.40. The smallest absolute Gasteiger partial charge is 0.266 e. The third-order valence-corrected chi connectivity index (χ3v) is 8.99. The zero-order valence-electron chi connectivity index (χ0n) is 18.0. The number of aryl methyl sites for hydroxylation is 1. The number of imide groups is 1. The molecule has 0 spiro atoms. The fourth-order valence-corrected chi connectivity index (χ4v) is 5.87. The molecule has 0 unspecified atom stereocenters. The van der Waals surface area contributed by atoms with Gasteiger partial charge in [0, 0.05) is 14.1 Å². The Morgan fingerprint density at radius 2 is 1.24 bits per heavy atom. The lowest BCUT2D eigenvalue weighted by Crippen LogP contribution is -2.31. The second-order valence-electron chi connectivity index (χ2n) is 7.72. The van der Waals surface area contributed by atoms with Gasteiger partial charge < -0.3 is 0 Å². The number of hydrogen-bond donors (Lipinski definition) is 0. The lowest BCUT2D eigenvalue weighted by atomic mass is 10.1. The van der Waals surface area contributed by atoms with E-state index in [1.165, 1.54) is 38.4 Å². The first-order valence-electron chi connectivity index (χ1n) is 9.82. The Morgan fingerprint density at radius 1 is 0.727 bits per heavy atom. The largest absolute Gasteiger partial charge is 0.268 e. The van der Waals surface area contributed by atoms with Crippen molar-refractivity contribution in [2.75, 3.05) is 19.0 Å². The van der Waals surface area contributed by atoms with E-state index in [0.29, 0.717) is 0 Å². The highest BCUT2D eigenvalue weighted by Crippen LogP contribution is 2.37. The number of carbonyl (C=O) groups is 2. The molecule has 8 nitrogen and oxygen atoms in total. The minimum absolute atomic E-state index is 0.0471. The zero-order chi connectivity index (χ0) is 24.1. The van der Waals surface area contributed by atoms with E-state index in [4.69, 9.17) is 0 Å². The van der Waals surface area contributed by atoms with Gasteiger partial charge in [-0.2, -0.15) is 0 Å². The molecule has 0 N–H and O–H groups in total. The van der Waals surface area contributed by atoms with Gasteiger partial charge in [-0.05, 0) is 49.4 Å². The Morgan fingerprint density at radius 3 is 1.76 bits per heavy atom. The molecule has 0 aromatic heterocycles. The van der Waals surface area contributed by atoms with Crippen molar-refractivity contribution in [3.63, 3.8) is 0 Å². The fraction of sp³-hybridized carbons (Fsp3) is 0.130. The van der Waals surface area contributed by atoms with E-state index in [-0.39, 0.29) is 31.5 Å². The van der Waals surface area contributed by atoms with Gasteiger partial charge in [0.15, 0.2) is 0 Å². The SMILES string of the molecule is Cc1ccc(S(=O)(=O)c2ccc(S(=O)(=O)N(C)C)cc2N2C(=O)c3ccccc3C2=O)cc1. The molecule has 2 amide bonds. The molecule has 0 saturated carbocycles. The maximum absolute atomic E-state index is 13.5. The molecule has 33 heavy (non-hydrogen) atoms. The topological polar surface area (TPSA) is 109 Å². The summed E-state index contributed by atoms with van der Waals surface area (Å²) in [5, 5.41) is 0. The second kappa shape index (κ2) is 7.91. The summed E-state index contributed by atoms with van der Waals surface area (Å²) in [6, 6.07) is 15.5. The van der Waals surface area contributed by atoms with E-state index in [1.54, 1.807) is 24.3 Å². The number of rotatable bonds is 5. The first-order chi connectivity index (χ1) is 15.5. The van der Waals surface area contributed by atoms with Gasteiger partial charge in [0.2, 0.25) is 19.9 Å². The van der Waals surface area contributed by atoms with Gasteiger partial charge in [-0.1, -0.05) is 29.8 Å². The number of sulfonamides is 1. The molecular formula is C23H20N2O6S2. The van der Waals surface area contributed by atoms with Gasteiger partial charge in [-0.25, -0.2) is 26.0 Å².